The molecule has 1 aromatic carbocycles. The topological polar surface area (TPSA) is 51.0 Å². The minimum atomic E-state index is 0.216. The molecule has 0 aromatic heterocycles. The number of nitrogens with two attached hydrogens (primary N) is 1. The van der Waals surface area contributed by atoms with Crippen molar-refractivity contribution in [3.05, 3.63) is 23.8 Å². The molecule has 0 aliphatic carbocycles. The number of likely N-dealkylation sites (N-methyl/N-ethyl adjacent to an activating group) is 1. The molecule has 5 nitrogen and oxygen atoms in total. The number of hydrogen-bond acceptors (Lipinski definition) is 5. The molecule has 2 atom stereocenters. The van der Waals surface area contributed by atoms with Gasteiger partial charge in [-0.1, -0.05) is 13.0 Å². The molecule has 136 valence electrons. The fraction of sp³-hybridized carbons (Fsp3) is 0.684. The lowest BCUT2D eigenvalue weighted by Crippen LogP contribution is -2.52. The summed E-state index contributed by atoms with van der Waals surface area (Å²) >= 11 is 0. The van der Waals surface area contributed by atoms with Gasteiger partial charge in [0.05, 0.1) is 13.2 Å². The van der Waals surface area contributed by atoms with E-state index >= 15 is 0 Å². The molecule has 1 fully saturated rings. The summed E-state index contributed by atoms with van der Waals surface area (Å²) in [6.07, 6.45) is 0.984. The predicted octanol–water partition coefficient (Wildman–Crippen LogP) is 2.51. The van der Waals surface area contributed by atoms with Crippen molar-refractivity contribution in [1.29, 1.82) is 0 Å². The molecule has 0 bridgehead atoms. The number of hydrogen-bond donors (Lipinski definition) is 1. The van der Waals surface area contributed by atoms with Gasteiger partial charge in [-0.15, -0.1) is 0 Å². The summed E-state index contributed by atoms with van der Waals surface area (Å²) in [6.45, 7) is 11.5. The molecule has 0 radical (unpaired) electrons. The van der Waals surface area contributed by atoms with Gasteiger partial charge in [-0.2, -0.15) is 0 Å². The Labute approximate surface area is 146 Å². The minimum Gasteiger partial charge on any atom is -0.490 e. The third kappa shape index (κ3) is 4.62. The smallest absolute Gasteiger partial charge is 0.161 e. The van der Waals surface area contributed by atoms with Crippen molar-refractivity contribution in [2.24, 2.45) is 5.73 Å². The van der Waals surface area contributed by atoms with Crippen molar-refractivity contribution in [2.75, 3.05) is 46.4 Å². The Bertz CT molecular complexity index is 509. The van der Waals surface area contributed by atoms with Crippen LogP contribution in [0.4, 0.5) is 0 Å². The SMILES string of the molecule is CCCOc1ccc(C(CN)N2CCN(C)CC2C)cc1OCC. The Morgan fingerprint density at radius 1 is 1.21 bits per heavy atom. The van der Waals surface area contributed by atoms with Crippen molar-refractivity contribution in [1.82, 2.24) is 9.80 Å². The molecule has 1 aromatic rings. The number of piperazine rings is 1. The Morgan fingerprint density at radius 2 is 2.00 bits per heavy atom. The van der Waals surface area contributed by atoms with Crippen LogP contribution in [-0.4, -0.2) is 62.3 Å². The zero-order valence-corrected chi connectivity index (χ0v) is 15.6. The summed E-state index contributed by atoms with van der Waals surface area (Å²) in [5.41, 5.74) is 7.36. The first-order valence-electron chi connectivity index (χ1n) is 9.14. The highest BCUT2D eigenvalue weighted by Crippen LogP contribution is 2.33. The zero-order chi connectivity index (χ0) is 17.5. The molecule has 2 rings (SSSR count). The maximum Gasteiger partial charge on any atom is 0.161 e. The predicted molar refractivity (Wildman–Crippen MR) is 98.9 cm³/mol. The van der Waals surface area contributed by atoms with Crippen molar-refractivity contribution >= 4 is 0 Å². The van der Waals surface area contributed by atoms with E-state index in [-0.39, 0.29) is 6.04 Å². The van der Waals surface area contributed by atoms with Gasteiger partial charge in [0.1, 0.15) is 0 Å². The summed E-state index contributed by atoms with van der Waals surface area (Å²) in [6, 6.07) is 6.98. The highest BCUT2D eigenvalue weighted by atomic mass is 16.5. The first-order valence-corrected chi connectivity index (χ1v) is 9.14. The van der Waals surface area contributed by atoms with Crippen LogP contribution in [0.25, 0.3) is 0 Å². The summed E-state index contributed by atoms with van der Waals surface area (Å²) in [7, 11) is 2.18. The van der Waals surface area contributed by atoms with E-state index in [1.165, 1.54) is 5.56 Å². The largest absolute Gasteiger partial charge is 0.490 e. The van der Waals surface area contributed by atoms with E-state index < -0.39 is 0 Å². The summed E-state index contributed by atoms with van der Waals surface area (Å²) in [5, 5.41) is 0. The van der Waals surface area contributed by atoms with Crippen LogP contribution in [0.2, 0.25) is 0 Å². The fourth-order valence-corrected chi connectivity index (χ4v) is 3.41. The molecule has 2 unspecified atom stereocenters. The second-order valence-corrected chi connectivity index (χ2v) is 6.59. The molecule has 5 heteroatoms. The Hall–Kier alpha value is -1.30. The highest BCUT2D eigenvalue weighted by molar-refractivity contribution is 5.44. The first-order chi connectivity index (χ1) is 11.6. The van der Waals surface area contributed by atoms with Crippen molar-refractivity contribution < 1.29 is 9.47 Å². The molecule has 1 aliphatic heterocycles. The van der Waals surface area contributed by atoms with Crippen molar-refractivity contribution in [2.45, 2.75) is 39.3 Å². The van der Waals surface area contributed by atoms with Gasteiger partial charge in [0, 0.05) is 38.3 Å². The Balaban J connectivity index is 2.22. The van der Waals surface area contributed by atoms with E-state index in [4.69, 9.17) is 15.2 Å². The lowest BCUT2D eigenvalue weighted by molar-refractivity contribution is 0.0634. The summed E-state index contributed by atoms with van der Waals surface area (Å²) in [5.74, 6) is 1.65. The molecular weight excluding hydrogens is 302 g/mol. The maximum atomic E-state index is 6.15. The molecular formula is C19H33N3O2. The molecule has 2 N–H and O–H groups in total. The van der Waals surface area contributed by atoms with Gasteiger partial charge in [-0.3, -0.25) is 4.90 Å². The molecule has 0 spiro atoms. The Kier molecular flexibility index (Phi) is 7.34. The second-order valence-electron chi connectivity index (χ2n) is 6.59. The molecule has 0 saturated carbocycles. The van der Waals surface area contributed by atoms with E-state index in [0.29, 0.717) is 25.8 Å². The number of ether oxygens (including phenoxy) is 2. The standard InChI is InChI=1S/C19H33N3O2/c1-5-11-24-18-8-7-16(12-19(18)23-6-2)17(13-20)22-10-9-21(4)14-15(22)3/h7-8,12,15,17H,5-6,9-11,13-14,20H2,1-4H3. The van der Waals surface area contributed by atoms with Crippen LogP contribution in [0.1, 0.15) is 38.8 Å². The van der Waals surface area contributed by atoms with Gasteiger partial charge in [0.15, 0.2) is 11.5 Å². The molecule has 1 heterocycles. The molecule has 1 saturated heterocycles. The van der Waals surface area contributed by atoms with Crippen LogP contribution >= 0.6 is 0 Å². The van der Waals surface area contributed by atoms with E-state index in [1.807, 2.05) is 13.0 Å². The quantitative estimate of drug-likeness (QED) is 0.791. The second kappa shape index (κ2) is 9.25. The van der Waals surface area contributed by atoms with Gasteiger partial charge in [-0.05, 0) is 45.0 Å². The zero-order valence-electron chi connectivity index (χ0n) is 15.6. The van der Waals surface area contributed by atoms with E-state index in [2.05, 4.69) is 42.8 Å². The molecule has 0 amide bonds. The molecule has 1 aliphatic rings. The van der Waals surface area contributed by atoms with Crippen LogP contribution in [0, 0.1) is 0 Å². The minimum absolute atomic E-state index is 0.216. The van der Waals surface area contributed by atoms with Gasteiger partial charge in [0.2, 0.25) is 0 Å². The van der Waals surface area contributed by atoms with Crippen LogP contribution in [0.3, 0.4) is 0 Å². The average Bonchev–Trinajstić information content (AvgIpc) is 2.57. The van der Waals surface area contributed by atoms with Gasteiger partial charge in [-0.25, -0.2) is 0 Å². The van der Waals surface area contributed by atoms with E-state index in [1.54, 1.807) is 0 Å². The normalized spacial score (nSPS) is 20.8. The van der Waals surface area contributed by atoms with E-state index in [0.717, 1.165) is 37.6 Å². The summed E-state index contributed by atoms with van der Waals surface area (Å²) in [4.78, 5) is 4.89. The number of rotatable bonds is 8. The van der Waals surface area contributed by atoms with E-state index in [9.17, 15) is 0 Å². The van der Waals surface area contributed by atoms with Crippen LogP contribution < -0.4 is 15.2 Å². The third-order valence-corrected chi connectivity index (χ3v) is 4.62. The van der Waals surface area contributed by atoms with Gasteiger partial charge < -0.3 is 20.1 Å². The lowest BCUT2D eigenvalue weighted by Gasteiger charge is -2.42. The molecule has 24 heavy (non-hydrogen) atoms. The Morgan fingerprint density at radius 3 is 2.62 bits per heavy atom. The van der Waals surface area contributed by atoms with Crippen molar-refractivity contribution in [3.8, 4) is 11.5 Å². The maximum absolute atomic E-state index is 6.15. The van der Waals surface area contributed by atoms with Crippen molar-refractivity contribution in [3.63, 3.8) is 0 Å². The fourth-order valence-electron chi connectivity index (χ4n) is 3.41. The van der Waals surface area contributed by atoms with Gasteiger partial charge >= 0.3 is 0 Å². The van der Waals surface area contributed by atoms with Crippen LogP contribution in [0.15, 0.2) is 18.2 Å². The lowest BCUT2D eigenvalue weighted by atomic mass is 10.0. The van der Waals surface area contributed by atoms with Gasteiger partial charge in [0.25, 0.3) is 0 Å². The monoisotopic (exact) mass is 335 g/mol. The number of benzene rings is 1. The first kappa shape index (κ1) is 19.0. The van der Waals surface area contributed by atoms with Crippen LogP contribution in [-0.2, 0) is 0 Å². The number of nitrogens with zero attached hydrogens (tertiary/aromatic N) is 2. The third-order valence-electron chi connectivity index (χ3n) is 4.62. The summed E-state index contributed by atoms with van der Waals surface area (Å²) < 4.78 is 11.6. The highest BCUT2D eigenvalue weighted by Gasteiger charge is 2.28. The van der Waals surface area contributed by atoms with Crippen LogP contribution in [0.5, 0.6) is 11.5 Å². The average molecular weight is 335 g/mol.